The van der Waals surface area contributed by atoms with Crippen LogP contribution in [-0.2, 0) is 108 Å². The summed E-state index contributed by atoms with van der Waals surface area (Å²) in [5.74, 6) is 0. The molecule has 8 aromatic rings. The molecule has 0 saturated heterocycles. The summed E-state index contributed by atoms with van der Waals surface area (Å²) < 4.78 is 151. The predicted molar refractivity (Wildman–Crippen MR) is 357 cm³/mol. The maximum atomic E-state index is 12.5. The van der Waals surface area contributed by atoms with Gasteiger partial charge in [-0.1, -0.05) is 153 Å². The molecule has 0 spiro atoms. The Morgan fingerprint density at radius 1 is 0.316 bits per heavy atom. The Morgan fingerprint density at radius 2 is 0.551 bits per heavy atom. The molecular weight excluding hydrogens is 1470 g/mol. The fourth-order valence-electron chi connectivity index (χ4n) is 10.3. The summed E-state index contributed by atoms with van der Waals surface area (Å²) in [7, 11) is 0. The van der Waals surface area contributed by atoms with Gasteiger partial charge in [-0.2, -0.15) is 70.8 Å². The Hall–Kier alpha value is -6.03. The van der Waals surface area contributed by atoms with Gasteiger partial charge in [0, 0.05) is 0 Å². The van der Waals surface area contributed by atoms with Crippen LogP contribution in [0.25, 0.3) is 22.3 Å². The summed E-state index contributed by atoms with van der Waals surface area (Å²) >= 11 is 1.80. The first-order valence-electron chi connectivity index (χ1n) is 31.2. The van der Waals surface area contributed by atoms with Crippen LogP contribution in [0.2, 0.25) is 0 Å². The number of rotatable bonds is 4. The monoisotopic (exact) mass is 1540 g/mol. The molecule has 98 heavy (non-hydrogen) atoms. The van der Waals surface area contributed by atoms with Crippen molar-refractivity contribution in [3.63, 3.8) is 0 Å². The zero-order chi connectivity index (χ0) is 71.0. The fourth-order valence-corrected chi connectivity index (χ4v) is 11.9. The molecule has 0 radical (unpaired) electrons. The third-order valence-electron chi connectivity index (χ3n) is 16.2. The second-order valence-corrected chi connectivity index (χ2v) is 30.2. The zero-order valence-corrected chi connectivity index (χ0v) is 63.0. The topological polar surface area (TPSA) is 0 Å². The van der Waals surface area contributed by atoms with Crippen molar-refractivity contribution < 1.29 is 126 Å². The second kappa shape index (κ2) is 33.6. The van der Waals surface area contributed by atoms with Crippen LogP contribution in [0.3, 0.4) is 0 Å². The number of halogens is 14. The Labute approximate surface area is 612 Å². The average Bonchev–Trinajstić information content (AvgIpc) is 1.61. The molecule has 8 aromatic carbocycles. The molecular formula is C82H76Cl2F12Zr2-2. The maximum absolute atomic E-state index is 12.5. The van der Waals surface area contributed by atoms with E-state index in [0.717, 1.165) is 123 Å². The molecule has 0 heterocycles. The molecule has 4 aliphatic rings. The van der Waals surface area contributed by atoms with Gasteiger partial charge in [-0.25, -0.2) is 24.3 Å². The van der Waals surface area contributed by atoms with Crippen LogP contribution in [0, 0.1) is 24.3 Å². The van der Waals surface area contributed by atoms with E-state index in [4.69, 9.17) is 0 Å². The van der Waals surface area contributed by atoms with Gasteiger partial charge >= 0.3 is 274 Å². The number of fused-ring (bicyclic) bond motifs is 6. The van der Waals surface area contributed by atoms with Gasteiger partial charge in [0.2, 0.25) is 0 Å². The largest absolute Gasteiger partial charge is 1.00 e. The molecule has 4 aliphatic carbocycles. The number of alkyl halides is 12. The maximum Gasteiger partial charge on any atom is -0.109 e. The van der Waals surface area contributed by atoms with Crippen LogP contribution in [0.15, 0.2) is 194 Å². The van der Waals surface area contributed by atoms with Gasteiger partial charge in [0.05, 0.1) is 0 Å². The molecule has 0 atom stereocenters. The summed E-state index contributed by atoms with van der Waals surface area (Å²) in [6.07, 6.45) is 4.42. The van der Waals surface area contributed by atoms with Gasteiger partial charge in [-0.3, -0.25) is 12.2 Å². The molecule has 0 fully saturated rings. The van der Waals surface area contributed by atoms with E-state index in [1.165, 1.54) is 115 Å². The molecule has 0 aromatic heterocycles. The minimum atomic E-state index is -4.41. The number of benzene rings is 8. The van der Waals surface area contributed by atoms with E-state index in [2.05, 4.69) is 180 Å². The first-order chi connectivity index (χ1) is 44.5. The van der Waals surface area contributed by atoms with Crippen LogP contribution in [-0.4, -0.2) is 6.41 Å². The van der Waals surface area contributed by atoms with Crippen molar-refractivity contribution in [2.75, 3.05) is 0 Å². The van der Waals surface area contributed by atoms with Crippen LogP contribution >= 0.6 is 0 Å². The van der Waals surface area contributed by atoms with Gasteiger partial charge in [0.15, 0.2) is 0 Å². The van der Waals surface area contributed by atoms with Crippen LogP contribution in [0.4, 0.5) is 52.7 Å². The van der Waals surface area contributed by atoms with E-state index in [9.17, 15) is 52.7 Å². The van der Waals surface area contributed by atoms with Gasteiger partial charge < -0.3 is 24.8 Å². The first-order valence-corrected chi connectivity index (χ1v) is 33.6. The number of allylic oxidation sites excluding steroid dienone is 8. The second-order valence-electron chi connectivity index (χ2n) is 27.7. The van der Waals surface area contributed by atoms with E-state index in [1.807, 2.05) is 24.3 Å². The standard InChI is InChI=1S/2C21H25.2C15H8F6.2C5H5.2ClH.2Zr/c2*1-20(2,3)16-9-7-14-11-15-8-10-17(21(4,5)6)13-19(15)18(14)12-16;2*16-14(17,18)12-5-1-10(2-6-12)9-11-3-7-13(8-4-11)15(19,20)21;2*1-2-4-5-3-1;;;;/h2*7,9-10,12-13H,11H2,1-6H3;2*1-8H;2*1-3H,4H2;2*1H;;/q2*-1;;;2*-1;;;2*+2/p-2. The third kappa shape index (κ3) is 23.0. The van der Waals surface area contributed by atoms with E-state index < -0.39 is 47.0 Å². The van der Waals surface area contributed by atoms with Crippen molar-refractivity contribution in [3.05, 3.63) is 307 Å². The molecule has 0 bridgehead atoms. The quantitative estimate of drug-likeness (QED) is 0.122. The van der Waals surface area contributed by atoms with Crippen molar-refractivity contribution >= 4 is 6.41 Å². The molecule has 12 rings (SSSR count). The number of hydrogen-bond donors (Lipinski definition) is 0. The summed E-state index contributed by atoms with van der Waals surface area (Å²) in [6, 6.07) is 48.4. The molecule has 16 heteroatoms. The first kappa shape index (κ1) is 82.6. The minimum absolute atomic E-state index is 0. The van der Waals surface area contributed by atoms with Crippen molar-refractivity contribution in [2.45, 2.75) is 155 Å². The molecule has 0 N–H and O–H groups in total. The van der Waals surface area contributed by atoms with Crippen molar-refractivity contribution in [2.24, 2.45) is 0 Å². The third-order valence-corrected chi connectivity index (χ3v) is 19.1. The van der Waals surface area contributed by atoms with Crippen LogP contribution in [0.5, 0.6) is 0 Å². The Balaban J connectivity index is 0.000000223. The van der Waals surface area contributed by atoms with Gasteiger partial charge in [-0.15, -0.1) is 24.0 Å². The van der Waals surface area contributed by atoms with Crippen molar-refractivity contribution in [3.8, 4) is 22.3 Å². The van der Waals surface area contributed by atoms with Gasteiger partial charge in [0.25, 0.3) is 0 Å². The summed E-state index contributed by atoms with van der Waals surface area (Å²) in [4.78, 5) is 0. The SMILES string of the molecule is CC(C)(C)c1c[c-]c2c(c1)-c1cc(C(C)(C)C)ccc1C2.CC(C)(C)c1c[c-]c2c(c1)-c1cc(C(C)(C)C)ccc1C2.FC(F)(F)c1ccc([C](=[Zr+2])c2ccc(C(F)(F)F)cc2)cc1.FC(F)(F)c1ccc([C](=[Zr+2])c2ccc(C(F)(F)F)cc2)cc1.[C-]1=CC=CC1.[C-]1=CC=CC1.[Cl-].[Cl-]. The molecule has 512 valence electrons. The van der Waals surface area contributed by atoms with Crippen molar-refractivity contribution in [1.82, 2.24) is 0 Å². The van der Waals surface area contributed by atoms with E-state index in [0.29, 0.717) is 28.7 Å². The van der Waals surface area contributed by atoms with Crippen LogP contribution in [0.1, 0.15) is 185 Å². The smallest absolute Gasteiger partial charge is 0.109 e. The van der Waals surface area contributed by atoms with Gasteiger partial charge in [-0.05, 0) is 34.8 Å². The molecule has 0 nitrogen and oxygen atoms in total. The van der Waals surface area contributed by atoms with E-state index in [-0.39, 0.29) is 46.5 Å². The molecule has 0 unspecified atom stereocenters. The summed E-state index contributed by atoms with van der Waals surface area (Å²) in [5.41, 5.74) is 16.7. The normalized spacial score (nSPS) is 13.3. The van der Waals surface area contributed by atoms with E-state index >= 15 is 0 Å². The predicted octanol–water partition coefficient (Wildman–Crippen LogP) is 17.6. The zero-order valence-electron chi connectivity index (χ0n) is 56.6. The molecule has 0 aliphatic heterocycles. The van der Waals surface area contributed by atoms with Crippen LogP contribution < -0.4 is 24.8 Å². The molecule has 0 saturated carbocycles. The average molecular weight is 1540 g/mol. The Kier molecular flexibility index (Phi) is 28.4. The minimum Gasteiger partial charge on any atom is -1.00 e. The fraction of sp³-hybridized carbons (Fsp3) is 0.293. The Bertz CT molecular complexity index is 3600. The van der Waals surface area contributed by atoms with Crippen molar-refractivity contribution in [1.29, 1.82) is 0 Å². The summed E-state index contributed by atoms with van der Waals surface area (Å²) in [5, 5.41) is 0. The summed E-state index contributed by atoms with van der Waals surface area (Å²) in [6.45, 7) is 27.3. The van der Waals surface area contributed by atoms with Gasteiger partial charge in [0.1, 0.15) is 0 Å². The van der Waals surface area contributed by atoms with E-state index in [1.54, 1.807) is 0 Å². The molecule has 0 amide bonds. The Morgan fingerprint density at radius 3 is 0.745 bits per heavy atom. The number of hydrogen-bond acceptors (Lipinski definition) is 0.